The fraction of sp³-hybridized carbons (Fsp3) is 0.259. The molecule has 3 aromatic carbocycles. The topological polar surface area (TPSA) is 78.4 Å². The monoisotopic (exact) mass is 448 g/mol. The number of hydrogen-bond donors (Lipinski definition) is 3. The van der Waals surface area contributed by atoms with Crippen molar-refractivity contribution in [1.82, 2.24) is 5.32 Å². The smallest absolute Gasteiger partial charge is 0.325 e. The lowest BCUT2D eigenvalue weighted by atomic mass is 9.94. The highest BCUT2D eigenvalue weighted by Gasteiger charge is 2.19. The van der Waals surface area contributed by atoms with E-state index in [9.17, 15) is 14.0 Å². The Kier molecular flexibility index (Phi) is 7.16. The number of aliphatic carboxylic acids is 1. The van der Waals surface area contributed by atoms with Crippen LogP contribution in [0.5, 0.6) is 0 Å². The van der Waals surface area contributed by atoms with E-state index < -0.39 is 17.9 Å². The first-order chi connectivity index (χ1) is 15.5. The van der Waals surface area contributed by atoms with Crippen LogP contribution in [0, 0.1) is 26.6 Å². The predicted octanol–water partition coefficient (Wildman–Crippen LogP) is 5.79. The number of aryl methyl sites for hydroxylation is 3. The number of carbonyl (C=O) groups is 2. The van der Waals surface area contributed by atoms with Crippen molar-refractivity contribution < 1.29 is 19.1 Å². The van der Waals surface area contributed by atoms with E-state index in [0.717, 1.165) is 39.1 Å². The van der Waals surface area contributed by atoms with Crippen LogP contribution in [0.2, 0.25) is 0 Å². The lowest BCUT2D eigenvalue weighted by Gasteiger charge is -2.18. The molecular weight excluding hydrogens is 419 g/mol. The zero-order valence-corrected chi connectivity index (χ0v) is 19.5. The van der Waals surface area contributed by atoms with E-state index in [1.807, 2.05) is 70.2 Å². The molecule has 2 atom stereocenters. The van der Waals surface area contributed by atoms with Gasteiger partial charge in [-0.1, -0.05) is 30.3 Å². The summed E-state index contributed by atoms with van der Waals surface area (Å²) < 4.78 is 13.8. The van der Waals surface area contributed by atoms with Crippen molar-refractivity contribution >= 4 is 17.6 Å². The van der Waals surface area contributed by atoms with E-state index >= 15 is 0 Å². The molecule has 0 aromatic heterocycles. The summed E-state index contributed by atoms with van der Waals surface area (Å²) in [6, 6.07) is 15.7. The molecule has 0 bridgehead atoms. The van der Waals surface area contributed by atoms with Crippen molar-refractivity contribution in [2.45, 2.75) is 46.7 Å². The summed E-state index contributed by atoms with van der Waals surface area (Å²) in [7, 11) is 0. The van der Waals surface area contributed by atoms with Gasteiger partial charge in [-0.15, -0.1) is 0 Å². The number of carboxylic acids is 1. The summed E-state index contributed by atoms with van der Waals surface area (Å²) in [5.41, 5.74) is 6.58. The van der Waals surface area contributed by atoms with E-state index in [4.69, 9.17) is 5.11 Å². The van der Waals surface area contributed by atoms with Gasteiger partial charge in [0.15, 0.2) is 0 Å². The molecule has 5 nitrogen and oxygen atoms in total. The molecule has 0 radical (unpaired) electrons. The Labute approximate surface area is 193 Å². The molecule has 0 fully saturated rings. The lowest BCUT2D eigenvalue weighted by Crippen LogP contribution is -2.38. The van der Waals surface area contributed by atoms with E-state index in [-0.39, 0.29) is 11.9 Å². The van der Waals surface area contributed by atoms with Gasteiger partial charge in [-0.2, -0.15) is 0 Å². The van der Waals surface area contributed by atoms with E-state index in [2.05, 4.69) is 10.6 Å². The number of nitrogens with one attached hydrogen (secondary N) is 2. The molecule has 0 heterocycles. The maximum atomic E-state index is 13.8. The molecule has 0 saturated carbocycles. The van der Waals surface area contributed by atoms with Crippen molar-refractivity contribution in [1.29, 1.82) is 0 Å². The molecule has 0 aliphatic carbocycles. The number of carbonyl (C=O) groups excluding carboxylic acids is 1. The van der Waals surface area contributed by atoms with Crippen LogP contribution in [-0.2, 0) is 4.79 Å². The molecule has 0 saturated heterocycles. The van der Waals surface area contributed by atoms with Crippen LogP contribution >= 0.6 is 0 Å². The molecule has 6 heteroatoms. The highest BCUT2D eigenvalue weighted by atomic mass is 19.1. The Balaban J connectivity index is 1.85. The first kappa shape index (κ1) is 24.0. The second kappa shape index (κ2) is 9.86. The number of hydrogen-bond acceptors (Lipinski definition) is 3. The quantitative estimate of drug-likeness (QED) is 0.427. The second-order valence-electron chi connectivity index (χ2n) is 8.53. The fourth-order valence-electron chi connectivity index (χ4n) is 3.96. The van der Waals surface area contributed by atoms with Crippen LogP contribution in [0.15, 0.2) is 54.6 Å². The maximum absolute atomic E-state index is 13.8. The van der Waals surface area contributed by atoms with E-state index in [1.165, 1.54) is 19.1 Å². The first-order valence-corrected chi connectivity index (χ1v) is 10.8. The summed E-state index contributed by atoms with van der Waals surface area (Å²) in [6.07, 6.45) is 0. The summed E-state index contributed by atoms with van der Waals surface area (Å²) in [4.78, 5) is 23.7. The minimum Gasteiger partial charge on any atom is -0.480 e. The standard InChI is InChI=1S/C27H29FN2O3/c1-15-9-21(13-23(28)10-15)18(4)29-24-8-6-7-20(14-24)22-11-16(2)25(17(3)12-22)26(31)30-19(5)27(32)33/h6-14,18-19,29H,1-5H3,(H,30,31)(H,32,33). The van der Waals surface area contributed by atoms with Crippen molar-refractivity contribution in [2.75, 3.05) is 5.32 Å². The Hall–Kier alpha value is -3.67. The van der Waals surface area contributed by atoms with Gasteiger partial charge in [0.05, 0.1) is 0 Å². The zero-order chi connectivity index (χ0) is 24.3. The van der Waals surface area contributed by atoms with Gasteiger partial charge >= 0.3 is 5.97 Å². The van der Waals surface area contributed by atoms with Gasteiger partial charge in [0.2, 0.25) is 0 Å². The molecule has 0 aliphatic rings. The molecule has 3 aromatic rings. The number of anilines is 1. The summed E-state index contributed by atoms with van der Waals surface area (Å²) >= 11 is 0. The highest BCUT2D eigenvalue weighted by Crippen LogP contribution is 2.29. The lowest BCUT2D eigenvalue weighted by molar-refractivity contribution is -0.138. The van der Waals surface area contributed by atoms with Gasteiger partial charge in [0.1, 0.15) is 11.9 Å². The van der Waals surface area contributed by atoms with Gasteiger partial charge in [0, 0.05) is 17.3 Å². The van der Waals surface area contributed by atoms with Crippen LogP contribution in [-0.4, -0.2) is 23.0 Å². The Morgan fingerprint density at radius 1 is 0.909 bits per heavy atom. The molecule has 33 heavy (non-hydrogen) atoms. The number of carboxylic acid groups (broad SMARTS) is 1. The zero-order valence-electron chi connectivity index (χ0n) is 19.5. The van der Waals surface area contributed by atoms with E-state index in [1.54, 1.807) is 0 Å². The van der Waals surface area contributed by atoms with Crippen LogP contribution in [0.25, 0.3) is 11.1 Å². The Bertz CT molecular complexity index is 1160. The van der Waals surface area contributed by atoms with Gasteiger partial charge in [0.25, 0.3) is 5.91 Å². The maximum Gasteiger partial charge on any atom is 0.325 e. The number of benzene rings is 3. The van der Waals surface area contributed by atoms with Crippen LogP contribution < -0.4 is 10.6 Å². The third kappa shape index (κ3) is 5.77. The molecule has 3 rings (SSSR count). The number of halogens is 1. The minimum absolute atomic E-state index is 0.0829. The van der Waals surface area contributed by atoms with Gasteiger partial charge in [-0.05, 0) is 92.3 Å². The summed E-state index contributed by atoms with van der Waals surface area (Å²) in [6.45, 7) is 8.97. The minimum atomic E-state index is -1.08. The second-order valence-corrected chi connectivity index (χ2v) is 8.53. The van der Waals surface area contributed by atoms with Gasteiger partial charge < -0.3 is 15.7 Å². The molecule has 3 N–H and O–H groups in total. The molecule has 0 aliphatic heterocycles. The third-order valence-corrected chi connectivity index (χ3v) is 5.62. The molecule has 2 unspecified atom stereocenters. The third-order valence-electron chi connectivity index (χ3n) is 5.62. The summed E-state index contributed by atoms with van der Waals surface area (Å²) in [5.74, 6) is -1.73. The first-order valence-electron chi connectivity index (χ1n) is 10.8. The molecule has 172 valence electrons. The normalized spacial score (nSPS) is 12.7. The SMILES string of the molecule is Cc1cc(F)cc(C(C)Nc2cccc(-c3cc(C)c(C(=O)NC(C)C(=O)O)c(C)c3)c2)c1. The van der Waals surface area contributed by atoms with Crippen LogP contribution in [0.4, 0.5) is 10.1 Å². The van der Waals surface area contributed by atoms with Crippen molar-refractivity contribution in [3.8, 4) is 11.1 Å². The Morgan fingerprint density at radius 3 is 2.18 bits per heavy atom. The largest absolute Gasteiger partial charge is 0.480 e. The van der Waals surface area contributed by atoms with Crippen LogP contribution in [0.1, 0.15) is 52.5 Å². The van der Waals surface area contributed by atoms with Crippen LogP contribution in [0.3, 0.4) is 0 Å². The predicted molar refractivity (Wildman–Crippen MR) is 129 cm³/mol. The average Bonchev–Trinajstić information content (AvgIpc) is 2.72. The van der Waals surface area contributed by atoms with Gasteiger partial charge in [-0.25, -0.2) is 4.39 Å². The molecule has 1 amide bonds. The van der Waals surface area contributed by atoms with Crippen molar-refractivity contribution in [3.63, 3.8) is 0 Å². The molecule has 0 spiro atoms. The van der Waals surface area contributed by atoms with Gasteiger partial charge in [-0.3, -0.25) is 9.59 Å². The van der Waals surface area contributed by atoms with E-state index in [0.29, 0.717) is 5.56 Å². The fourth-order valence-corrected chi connectivity index (χ4v) is 3.96. The number of amides is 1. The molecular formula is C27H29FN2O3. The highest BCUT2D eigenvalue weighted by molar-refractivity contribution is 5.99. The average molecular weight is 449 g/mol. The van der Waals surface area contributed by atoms with Crippen molar-refractivity contribution in [2.24, 2.45) is 0 Å². The summed E-state index contributed by atoms with van der Waals surface area (Å²) in [5, 5.41) is 15.0. The number of rotatable bonds is 7. The Morgan fingerprint density at radius 2 is 1.58 bits per heavy atom. The van der Waals surface area contributed by atoms with Crippen molar-refractivity contribution in [3.05, 3.63) is 88.2 Å².